The van der Waals surface area contributed by atoms with Gasteiger partial charge in [0, 0.05) is 6.54 Å². The quantitative estimate of drug-likeness (QED) is 0.845. The first-order chi connectivity index (χ1) is 10.3. The third-order valence-electron chi connectivity index (χ3n) is 4.87. The zero-order chi connectivity index (χ0) is 16.3. The monoisotopic (exact) mass is 311 g/mol. The van der Waals surface area contributed by atoms with Crippen LogP contribution < -0.4 is 0 Å². The molecule has 1 saturated heterocycles. The van der Waals surface area contributed by atoms with Gasteiger partial charge < -0.3 is 9.84 Å². The normalized spacial score (nSPS) is 27.5. The van der Waals surface area contributed by atoms with Gasteiger partial charge in [0.05, 0.1) is 0 Å². The number of carboxylic acids is 1. The second kappa shape index (κ2) is 6.88. The molecule has 5 nitrogen and oxygen atoms in total. The van der Waals surface area contributed by atoms with Gasteiger partial charge in [-0.3, -0.25) is 4.90 Å². The minimum Gasteiger partial charge on any atom is -0.480 e. The Morgan fingerprint density at radius 3 is 2.23 bits per heavy atom. The van der Waals surface area contributed by atoms with Gasteiger partial charge in [0.1, 0.15) is 11.6 Å². The van der Waals surface area contributed by atoms with Crippen LogP contribution in [0.3, 0.4) is 0 Å². The number of carbonyl (C=O) groups is 2. The summed E-state index contributed by atoms with van der Waals surface area (Å²) >= 11 is 0. The Balaban J connectivity index is 2.01. The molecule has 1 heterocycles. The van der Waals surface area contributed by atoms with Crippen LogP contribution in [-0.4, -0.2) is 40.3 Å². The number of carboxylic acid groups (broad SMARTS) is 1. The number of hydrogen-bond acceptors (Lipinski definition) is 3. The van der Waals surface area contributed by atoms with Crippen LogP contribution in [0.25, 0.3) is 0 Å². The van der Waals surface area contributed by atoms with E-state index in [0.29, 0.717) is 24.8 Å². The van der Waals surface area contributed by atoms with Gasteiger partial charge in [-0.15, -0.1) is 0 Å². The van der Waals surface area contributed by atoms with Crippen molar-refractivity contribution in [2.75, 3.05) is 6.54 Å². The molecule has 0 aromatic carbocycles. The van der Waals surface area contributed by atoms with Gasteiger partial charge in [0.15, 0.2) is 0 Å². The van der Waals surface area contributed by atoms with Crippen molar-refractivity contribution in [1.29, 1.82) is 0 Å². The van der Waals surface area contributed by atoms with Crippen molar-refractivity contribution in [3.05, 3.63) is 0 Å². The third-order valence-corrected chi connectivity index (χ3v) is 4.87. The summed E-state index contributed by atoms with van der Waals surface area (Å²) in [5.74, 6) is 0.155. The second-order valence-electron chi connectivity index (χ2n) is 7.71. The van der Waals surface area contributed by atoms with Crippen LogP contribution in [0.2, 0.25) is 0 Å². The number of amides is 1. The molecule has 1 N–H and O–H groups in total. The van der Waals surface area contributed by atoms with Crippen LogP contribution in [0.15, 0.2) is 0 Å². The summed E-state index contributed by atoms with van der Waals surface area (Å²) in [6.45, 7) is 5.90. The summed E-state index contributed by atoms with van der Waals surface area (Å²) in [5, 5.41) is 9.52. The zero-order valence-electron chi connectivity index (χ0n) is 14.0. The summed E-state index contributed by atoms with van der Waals surface area (Å²) < 4.78 is 5.36. The second-order valence-corrected chi connectivity index (χ2v) is 7.71. The average molecular weight is 311 g/mol. The van der Waals surface area contributed by atoms with Gasteiger partial charge in [-0.1, -0.05) is 32.1 Å². The lowest BCUT2D eigenvalue weighted by molar-refractivity contribution is -0.145. The van der Waals surface area contributed by atoms with E-state index in [9.17, 15) is 14.7 Å². The van der Waals surface area contributed by atoms with Crippen molar-refractivity contribution in [3.8, 4) is 0 Å². The van der Waals surface area contributed by atoms with E-state index in [1.165, 1.54) is 37.0 Å². The van der Waals surface area contributed by atoms with E-state index in [1.807, 2.05) is 0 Å². The predicted octanol–water partition coefficient (Wildman–Crippen LogP) is 3.67. The van der Waals surface area contributed by atoms with E-state index in [2.05, 4.69) is 0 Å². The maximum absolute atomic E-state index is 12.3. The molecule has 1 aliphatic carbocycles. The van der Waals surface area contributed by atoms with Gasteiger partial charge >= 0.3 is 12.1 Å². The van der Waals surface area contributed by atoms with Crippen LogP contribution in [0.1, 0.15) is 65.7 Å². The third kappa shape index (κ3) is 4.37. The molecule has 22 heavy (non-hydrogen) atoms. The summed E-state index contributed by atoms with van der Waals surface area (Å²) in [6, 6.07) is -0.740. The highest BCUT2D eigenvalue weighted by molar-refractivity contribution is 5.80. The smallest absolute Gasteiger partial charge is 0.411 e. The number of carbonyl (C=O) groups excluding carboxylic acids is 1. The van der Waals surface area contributed by atoms with E-state index < -0.39 is 23.7 Å². The molecular formula is C17H29NO4. The number of aliphatic carboxylic acids is 1. The first kappa shape index (κ1) is 17.1. The molecule has 0 bridgehead atoms. The van der Waals surface area contributed by atoms with Gasteiger partial charge in [-0.05, 0) is 45.4 Å². The summed E-state index contributed by atoms with van der Waals surface area (Å²) in [5.41, 5.74) is -0.597. The van der Waals surface area contributed by atoms with E-state index in [4.69, 9.17) is 4.74 Å². The Kier molecular flexibility index (Phi) is 5.35. The fourth-order valence-corrected chi connectivity index (χ4v) is 3.80. The van der Waals surface area contributed by atoms with Crippen molar-refractivity contribution < 1.29 is 19.4 Å². The largest absolute Gasteiger partial charge is 0.480 e. The van der Waals surface area contributed by atoms with Gasteiger partial charge in [0.25, 0.3) is 0 Å². The van der Waals surface area contributed by atoms with Crippen molar-refractivity contribution in [2.45, 2.75) is 77.4 Å². The molecule has 0 radical (unpaired) electrons. The van der Waals surface area contributed by atoms with Crippen LogP contribution in [0.5, 0.6) is 0 Å². The van der Waals surface area contributed by atoms with E-state index in [0.717, 1.165) is 6.42 Å². The fourth-order valence-electron chi connectivity index (χ4n) is 3.80. The Bertz CT molecular complexity index is 409. The Hall–Kier alpha value is -1.26. The molecular weight excluding hydrogens is 282 g/mol. The summed E-state index contributed by atoms with van der Waals surface area (Å²) in [7, 11) is 0. The lowest BCUT2D eigenvalue weighted by Crippen LogP contribution is -2.52. The first-order valence-electron chi connectivity index (χ1n) is 8.50. The van der Waals surface area contributed by atoms with E-state index in [-0.39, 0.29) is 0 Å². The number of ether oxygens (including phenoxy) is 1. The molecule has 0 aromatic heterocycles. The molecule has 5 heteroatoms. The molecule has 2 unspecified atom stereocenters. The minimum atomic E-state index is -0.911. The Morgan fingerprint density at radius 1 is 1.05 bits per heavy atom. The topological polar surface area (TPSA) is 66.8 Å². The molecule has 2 fully saturated rings. The number of piperidine rings is 1. The fraction of sp³-hybridized carbons (Fsp3) is 0.882. The van der Waals surface area contributed by atoms with Crippen LogP contribution >= 0.6 is 0 Å². The van der Waals surface area contributed by atoms with Crippen molar-refractivity contribution in [1.82, 2.24) is 4.90 Å². The molecule has 2 atom stereocenters. The lowest BCUT2D eigenvalue weighted by Gasteiger charge is -2.41. The number of likely N-dealkylation sites (tertiary alicyclic amines) is 1. The summed E-state index contributed by atoms with van der Waals surface area (Å²) in [4.78, 5) is 25.3. The summed E-state index contributed by atoms with van der Waals surface area (Å²) in [6.07, 6.45) is 7.21. The van der Waals surface area contributed by atoms with Crippen LogP contribution in [0.4, 0.5) is 4.79 Å². The van der Waals surface area contributed by atoms with E-state index >= 15 is 0 Å². The van der Waals surface area contributed by atoms with Crippen molar-refractivity contribution >= 4 is 12.1 Å². The molecule has 0 aromatic rings. The van der Waals surface area contributed by atoms with Gasteiger partial charge in [-0.2, -0.15) is 0 Å². The predicted molar refractivity (Wildman–Crippen MR) is 83.7 cm³/mol. The molecule has 2 rings (SSSR count). The number of nitrogens with zero attached hydrogens (tertiary/aromatic N) is 1. The Labute approximate surface area is 133 Å². The molecule has 1 aliphatic heterocycles. The number of hydrogen-bond donors (Lipinski definition) is 1. The molecule has 2 aliphatic rings. The molecule has 0 spiro atoms. The van der Waals surface area contributed by atoms with Gasteiger partial charge in [0.2, 0.25) is 0 Å². The highest BCUT2D eigenvalue weighted by Crippen LogP contribution is 2.37. The van der Waals surface area contributed by atoms with Crippen LogP contribution in [0, 0.1) is 11.8 Å². The highest BCUT2D eigenvalue weighted by atomic mass is 16.6. The standard InChI is InChI=1S/C17H29NO4/c1-17(2,3)22-16(21)18-10-9-13(11-14(18)15(19)20)12-7-5-4-6-8-12/h12-14H,4-11H2,1-3H3,(H,19,20). The minimum absolute atomic E-state index is 0.431. The highest BCUT2D eigenvalue weighted by Gasteiger charge is 2.40. The van der Waals surface area contributed by atoms with Crippen molar-refractivity contribution in [2.24, 2.45) is 11.8 Å². The zero-order valence-corrected chi connectivity index (χ0v) is 14.0. The number of rotatable bonds is 2. The van der Waals surface area contributed by atoms with Crippen LogP contribution in [-0.2, 0) is 9.53 Å². The Morgan fingerprint density at radius 2 is 1.68 bits per heavy atom. The average Bonchev–Trinajstić information content (AvgIpc) is 2.45. The molecule has 1 amide bonds. The maximum Gasteiger partial charge on any atom is 0.411 e. The lowest BCUT2D eigenvalue weighted by atomic mass is 9.74. The first-order valence-corrected chi connectivity index (χ1v) is 8.50. The maximum atomic E-state index is 12.3. The molecule has 1 saturated carbocycles. The SMILES string of the molecule is CC(C)(C)OC(=O)N1CCC(C2CCCCC2)CC1C(=O)O. The van der Waals surface area contributed by atoms with Crippen molar-refractivity contribution in [3.63, 3.8) is 0 Å². The van der Waals surface area contributed by atoms with Gasteiger partial charge in [-0.25, -0.2) is 9.59 Å². The molecule has 126 valence electrons. The van der Waals surface area contributed by atoms with E-state index in [1.54, 1.807) is 20.8 Å².